The molecule has 3 rings (SSSR count). The van der Waals surface area contributed by atoms with Gasteiger partial charge in [0.25, 0.3) is 0 Å². The smallest absolute Gasteiger partial charge is 0.161 e. The molecular formula is C17H21ClN4OSi. The van der Waals surface area contributed by atoms with Gasteiger partial charge in [0.05, 0.1) is 5.02 Å². The zero-order chi connectivity index (χ0) is 17.2. The van der Waals surface area contributed by atoms with Crippen LogP contribution in [0.5, 0.6) is 0 Å². The van der Waals surface area contributed by atoms with Crippen molar-refractivity contribution >= 4 is 30.7 Å². The van der Waals surface area contributed by atoms with Crippen molar-refractivity contribution in [3.63, 3.8) is 0 Å². The van der Waals surface area contributed by atoms with Crippen molar-refractivity contribution in [2.24, 2.45) is 0 Å². The van der Waals surface area contributed by atoms with Crippen molar-refractivity contribution in [1.82, 2.24) is 19.5 Å². The van der Waals surface area contributed by atoms with Crippen molar-refractivity contribution in [2.45, 2.75) is 32.4 Å². The Balaban J connectivity index is 1.91. The molecule has 0 aromatic carbocycles. The average Bonchev–Trinajstić information content (AvgIpc) is 2.92. The van der Waals surface area contributed by atoms with Crippen LogP contribution in [0.15, 0.2) is 36.9 Å². The molecule has 7 heteroatoms. The molecule has 3 aromatic heterocycles. The number of hydrogen-bond donors (Lipinski definition) is 0. The lowest BCUT2D eigenvalue weighted by Crippen LogP contribution is -2.22. The Kier molecular flexibility index (Phi) is 4.98. The Morgan fingerprint density at radius 1 is 1.12 bits per heavy atom. The van der Waals surface area contributed by atoms with Crippen molar-refractivity contribution < 1.29 is 4.74 Å². The van der Waals surface area contributed by atoms with Crippen LogP contribution < -0.4 is 0 Å². The van der Waals surface area contributed by atoms with Gasteiger partial charge in [-0.1, -0.05) is 31.2 Å². The SMILES string of the molecule is C[Si](C)(C)CCOCn1cc(-c2ncccn2)c2c(Cl)ccnc21. The molecule has 0 saturated heterocycles. The van der Waals surface area contributed by atoms with Crippen molar-refractivity contribution in [1.29, 1.82) is 0 Å². The highest BCUT2D eigenvalue weighted by Gasteiger charge is 2.17. The lowest BCUT2D eigenvalue weighted by molar-refractivity contribution is 0.0899. The Bertz CT molecular complexity index is 830. The van der Waals surface area contributed by atoms with Gasteiger partial charge in [-0.3, -0.25) is 0 Å². The number of hydrogen-bond acceptors (Lipinski definition) is 4. The summed E-state index contributed by atoms with van der Waals surface area (Å²) in [5.74, 6) is 0.637. The Hall–Kier alpha value is -1.76. The minimum absolute atomic E-state index is 0.446. The van der Waals surface area contributed by atoms with Gasteiger partial charge in [0, 0.05) is 50.4 Å². The number of halogens is 1. The first-order valence-electron chi connectivity index (χ1n) is 7.94. The van der Waals surface area contributed by atoms with Crippen LogP contribution in [0.25, 0.3) is 22.4 Å². The zero-order valence-corrected chi connectivity index (χ0v) is 15.9. The van der Waals surface area contributed by atoms with E-state index in [0.717, 1.165) is 29.2 Å². The number of pyridine rings is 1. The van der Waals surface area contributed by atoms with Crippen LogP contribution in [-0.4, -0.2) is 34.2 Å². The van der Waals surface area contributed by atoms with Crippen LogP contribution in [0.2, 0.25) is 30.7 Å². The molecule has 0 N–H and O–H groups in total. The van der Waals surface area contributed by atoms with Gasteiger partial charge in [0.1, 0.15) is 12.4 Å². The first kappa shape index (κ1) is 17.1. The topological polar surface area (TPSA) is 52.8 Å². The Morgan fingerprint density at radius 3 is 2.58 bits per heavy atom. The minimum Gasteiger partial charge on any atom is -0.361 e. The summed E-state index contributed by atoms with van der Waals surface area (Å²) in [5.41, 5.74) is 1.66. The fourth-order valence-electron chi connectivity index (χ4n) is 2.42. The normalized spacial score (nSPS) is 12.0. The van der Waals surface area contributed by atoms with Crippen LogP contribution in [0.4, 0.5) is 0 Å². The van der Waals surface area contributed by atoms with E-state index in [-0.39, 0.29) is 0 Å². The molecule has 0 unspecified atom stereocenters. The summed E-state index contributed by atoms with van der Waals surface area (Å²) >= 11 is 6.40. The highest BCUT2D eigenvalue weighted by molar-refractivity contribution is 6.76. The maximum atomic E-state index is 6.40. The summed E-state index contributed by atoms with van der Waals surface area (Å²) < 4.78 is 7.84. The summed E-state index contributed by atoms with van der Waals surface area (Å²) in [4.78, 5) is 13.1. The van der Waals surface area contributed by atoms with E-state index in [1.165, 1.54) is 0 Å². The number of rotatable bonds is 6. The highest BCUT2D eigenvalue weighted by atomic mass is 35.5. The van der Waals surface area contributed by atoms with Gasteiger partial charge in [-0.15, -0.1) is 0 Å². The number of aromatic nitrogens is 4. The Labute approximate surface area is 147 Å². The molecule has 24 heavy (non-hydrogen) atoms. The van der Waals surface area contributed by atoms with Crippen LogP contribution in [0.1, 0.15) is 0 Å². The van der Waals surface area contributed by atoms with Crippen LogP contribution >= 0.6 is 11.6 Å². The number of nitrogens with zero attached hydrogens (tertiary/aromatic N) is 4. The third-order valence-electron chi connectivity index (χ3n) is 3.74. The van der Waals surface area contributed by atoms with Crippen molar-refractivity contribution in [3.8, 4) is 11.4 Å². The molecule has 3 heterocycles. The molecule has 0 radical (unpaired) electrons. The molecule has 0 bridgehead atoms. The quantitative estimate of drug-likeness (QED) is 0.481. The molecular weight excluding hydrogens is 340 g/mol. The molecule has 0 aliphatic rings. The van der Waals surface area contributed by atoms with E-state index in [1.807, 2.05) is 10.8 Å². The van der Waals surface area contributed by atoms with Gasteiger partial charge in [0.2, 0.25) is 0 Å². The second kappa shape index (κ2) is 7.00. The average molecular weight is 361 g/mol. The van der Waals surface area contributed by atoms with Gasteiger partial charge in [-0.05, 0) is 18.2 Å². The second-order valence-corrected chi connectivity index (χ2v) is 13.0. The van der Waals surface area contributed by atoms with Gasteiger partial charge < -0.3 is 9.30 Å². The highest BCUT2D eigenvalue weighted by Crippen LogP contribution is 2.32. The van der Waals surface area contributed by atoms with Crippen molar-refractivity contribution in [2.75, 3.05) is 6.61 Å². The standard InChI is InChI=1S/C17H21ClN4OSi/c1-24(2,3)10-9-23-12-22-11-13(16-19-6-4-7-20-16)15-14(18)5-8-21-17(15)22/h4-8,11H,9-10,12H2,1-3H3. The second-order valence-electron chi connectivity index (χ2n) is 6.92. The molecule has 0 saturated carbocycles. The third kappa shape index (κ3) is 3.83. The fraction of sp³-hybridized carbons (Fsp3) is 0.353. The van der Waals surface area contributed by atoms with E-state index in [4.69, 9.17) is 16.3 Å². The van der Waals surface area contributed by atoms with E-state index >= 15 is 0 Å². The predicted octanol–water partition coefficient (Wildman–Crippen LogP) is 4.46. The molecule has 0 amide bonds. The molecule has 0 aliphatic carbocycles. The number of ether oxygens (including phenoxy) is 1. The molecule has 3 aromatic rings. The van der Waals surface area contributed by atoms with E-state index in [1.54, 1.807) is 30.7 Å². The summed E-state index contributed by atoms with van der Waals surface area (Å²) in [5, 5.41) is 1.50. The van der Waals surface area contributed by atoms with Crippen LogP contribution in [0, 0.1) is 0 Å². The molecule has 5 nitrogen and oxygen atoms in total. The summed E-state index contributed by atoms with van der Waals surface area (Å²) in [6.07, 6.45) is 7.12. The van der Waals surface area contributed by atoms with Crippen LogP contribution in [0.3, 0.4) is 0 Å². The Morgan fingerprint density at radius 2 is 1.88 bits per heavy atom. The van der Waals surface area contributed by atoms with Gasteiger partial charge in [-0.25, -0.2) is 15.0 Å². The first-order valence-corrected chi connectivity index (χ1v) is 12.0. The van der Waals surface area contributed by atoms with Gasteiger partial charge in [0.15, 0.2) is 5.82 Å². The summed E-state index contributed by atoms with van der Waals surface area (Å²) in [6, 6.07) is 4.71. The van der Waals surface area contributed by atoms with E-state index in [9.17, 15) is 0 Å². The maximum Gasteiger partial charge on any atom is 0.161 e. The predicted molar refractivity (Wildman–Crippen MR) is 99.9 cm³/mol. The van der Waals surface area contributed by atoms with Crippen molar-refractivity contribution in [3.05, 3.63) is 41.9 Å². The summed E-state index contributed by atoms with van der Waals surface area (Å²) in [7, 11) is -1.10. The van der Waals surface area contributed by atoms with Gasteiger partial charge in [-0.2, -0.15) is 0 Å². The molecule has 0 atom stereocenters. The van der Waals surface area contributed by atoms with Crippen LogP contribution in [-0.2, 0) is 11.5 Å². The third-order valence-corrected chi connectivity index (χ3v) is 5.76. The largest absolute Gasteiger partial charge is 0.361 e. The molecule has 126 valence electrons. The first-order chi connectivity index (χ1) is 11.5. The van der Waals surface area contributed by atoms with E-state index in [2.05, 4.69) is 34.6 Å². The number of fused-ring (bicyclic) bond motifs is 1. The zero-order valence-electron chi connectivity index (χ0n) is 14.2. The lowest BCUT2D eigenvalue weighted by Gasteiger charge is -2.15. The summed E-state index contributed by atoms with van der Waals surface area (Å²) in [6.45, 7) is 8.23. The van der Waals surface area contributed by atoms with Gasteiger partial charge >= 0.3 is 0 Å². The molecule has 0 spiro atoms. The fourth-order valence-corrected chi connectivity index (χ4v) is 3.42. The lowest BCUT2D eigenvalue weighted by atomic mass is 10.2. The monoisotopic (exact) mass is 360 g/mol. The maximum absolute atomic E-state index is 6.40. The molecule has 0 fully saturated rings. The van der Waals surface area contributed by atoms with E-state index in [0.29, 0.717) is 17.6 Å². The molecule has 0 aliphatic heterocycles. The van der Waals surface area contributed by atoms with E-state index < -0.39 is 8.07 Å². The minimum atomic E-state index is -1.10.